The van der Waals surface area contributed by atoms with E-state index in [2.05, 4.69) is 10.0 Å². The molecular weight excluding hydrogens is 362 g/mol. The Morgan fingerprint density at radius 3 is 2.12 bits per heavy atom. The molecule has 0 fully saturated rings. The summed E-state index contributed by atoms with van der Waals surface area (Å²) in [7, 11) is -3.64. The van der Waals surface area contributed by atoms with Gasteiger partial charge in [0.25, 0.3) is 5.91 Å². The number of amides is 1. The Morgan fingerprint density at radius 2 is 1.58 bits per heavy atom. The van der Waals surface area contributed by atoms with Crippen molar-refractivity contribution in [3.8, 4) is 0 Å². The third-order valence-electron chi connectivity index (χ3n) is 3.61. The SMILES string of the molecule is CC(C)NS(=O)(=O)c1ccc(C(=O)NC(C)c2ccc(F)c(F)c2)cc1. The van der Waals surface area contributed by atoms with Gasteiger partial charge >= 0.3 is 0 Å². The highest BCUT2D eigenvalue weighted by atomic mass is 32.2. The zero-order valence-corrected chi connectivity index (χ0v) is 15.4. The summed E-state index contributed by atoms with van der Waals surface area (Å²) in [6.45, 7) is 5.05. The van der Waals surface area contributed by atoms with Gasteiger partial charge in [-0.2, -0.15) is 0 Å². The number of hydrogen-bond acceptors (Lipinski definition) is 3. The molecule has 140 valence electrons. The molecule has 0 saturated heterocycles. The first-order valence-corrected chi connectivity index (χ1v) is 9.46. The van der Waals surface area contributed by atoms with Crippen LogP contribution in [-0.2, 0) is 10.0 Å². The Morgan fingerprint density at radius 1 is 0.962 bits per heavy atom. The zero-order chi connectivity index (χ0) is 19.5. The van der Waals surface area contributed by atoms with Crippen molar-refractivity contribution in [2.45, 2.75) is 37.8 Å². The standard InChI is InChI=1S/C18H20F2N2O3S/c1-11(2)22-26(24,25)15-7-4-13(5-8-15)18(23)21-12(3)14-6-9-16(19)17(20)10-14/h4-12,22H,1-3H3,(H,21,23). The lowest BCUT2D eigenvalue weighted by Gasteiger charge is -2.15. The third-order valence-corrected chi connectivity index (χ3v) is 5.28. The highest BCUT2D eigenvalue weighted by molar-refractivity contribution is 7.89. The molecule has 2 aromatic carbocycles. The number of benzene rings is 2. The highest BCUT2D eigenvalue weighted by Gasteiger charge is 2.17. The molecule has 0 aliphatic rings. The van der Waals surface area contributed by atoms with Crippen LogP contribution < -0.4 is 10.0 Å². The van der Waals surface area contributed by atoms with Crippen LogP contribution in [0.4, 0.5) is 8.78 Å². The van der Waals surface area contributed by atoms with E-state index in [1.165, 1.54) is 30.3 Å². The molecule has 0 aromatic heterocycles. The number of sulfonamides is 1. The summed E-state index contributed by atoms with van der Waals surface area (Å²) in [5.41, 5.74) is 0.667. The van der Waals surface area contributed by atoms with Gasteiger partial charge in [-0.15, -0.1) is 0 Å². The molecule has 0 bridgehead atoms. The lowest BCUT2D eigenvalue weighted by atomic mass is 10.1. The molecule has 1 unspecified atom stereocenters. The first-order chi connectivity index (χ1) is 12.1. The second-order valence-corrected chi connectivity index (χ2v) is 7.88. The fraction of sp³-hybridized carbons (Fsp3) is 0.278. The van der Waals surface area contributed by atoms with E-state index in [1.54, 1.807) is 20.8 Å². The first-order valence-electron chi connectivity index (χ1n) is 7.98. The molecule has 0 spiro atoms. The minimum absolute atomic E-state index is 0.0522. The molecule has 8 heteroatoms. The quantitative estimate of drug-likeness (QED) is 0.806. The van der Waals surface area contributed by atoms with E-state index >= 15 is 0 Å². The Balaban J connectivity index is 2.11. The van der Waals surface area contributed by atoms with E-state index in [9.17, 15) is 22.0 Å². The molecular formula is C18H20F2N2O3S. The van der Waals surface area contributed by atoms with Gasteiger partial charge in [0.15, 0.2) is 11.6 Å². The van der Waals surface area contributed by atoms with Gasteiger partial charge in [-0.05, 0) is 62.7 Å². The molecule has 2 N–H and O–H groups in total. The summed E-state index contributed by atoms with van der Waals surface area (Å²) >= 11 is 0. The normalized spacial score (nSPS) is 12.8. The zero-order valence-electron chi connectivity index (χ0n) is 14.6. The number of halogens is 2. The molecule has 1 amide bonds. The first kappa shape index (κ1) is 20.0. The fourth-order valence-electron chi connectivity index (χ4n) is 2.31. The van der Waals surface area contributed by atoms with Crippen molar-refractivity contribution >= 4 is 15.9 Å². The van der Waals surface area contributed by atoms with Gasteiger partial charge in [0.2, 0.25) is 10.0 Å². The van der Waals surface area contributed by atoms with Crippen molar-refractivity contribution in [1.29, 1.82) is 0 Å². The second-order valence-electron chi connectivity index (χ2n) is 6.17. The minimum atomic E-state index is -3.64. The van der Waals surface area contributed by atoms with Crippen molar-refractivity contribution in [1.82, 2.24) is 10.0 Å². The number of hydrogen-bond donors (Lipinski definition) is 2. The number of carbonyl (C=O) groups excluding carboxylic acids is 1. The summed E-state index contributed by atoms with van der Waals surface area (Å²) in [5, 5.41) is 2.66. The molecule has 0 heterocycles. The molecule has 0 saturated carbocycles. The molecule has 0 aliphatic carbocycles. The van der Waals surface area contributed by atoms with Crippen LogP contribution in [0.2, 0.25) is 0 Å². The molecule has 2 rings (SSSR count). The van der Waals surface area contributed by atoms with Crippen LogP contribution in [0.5, 0.6) is 0 Å². The van der Waals surface area contributed by atoms with Gasteiger partial charge < -0.3 is 5.32 Å². The maximum Gasteiger partial charge on any atom is 0.251 e. The summed E-state index contributed by atoms with van der Waals surface area (Å²) in [6, 6.07) is 8.05. The lowest BCUT2D eigenvalue weighted by Crippen LogP contribution is -2.30. The topological polar surface area (TPSA) is 75.3 Å². The van der Waals surface area contributed by atoms with Gasteiger partial charge in [0.1, 0.15) is 0 Å². The molecule has 0 aliphatic heterocycles. The Labute approximate surface area is 151 Å². The summed E-state index contributed by atoms with van der Waals surface area (Å²) in [5.74, 6) is -2.40. The van der Waals surface area contributed by atoms with E-state index in [4.69, 9.17) is 0 Å². The Kier molecular flexibility index (Phi) is 6.09. The van der Waals surface area contributed by atoms with Crippen molar-refractivity contribution < 1.29 is 22.0 Å². The average molecular weight is 382 g/mol. The van der Waals surface area contributed by atoms with E-state index in [0.29, 0.717) is 5.56 Å². The second kappa shape index (κ2) is 7.92. The average Bonchev–Trinajstić information content (AvgIpc) is 2.56. The predicted octanol–water partition coefficient (Wildman–Crippen LogP) is 3.14. The summed E-state index contributed by atoms with van der Waals surface area (Å²) in [6.07, 6.45) is 0. The minimum Gasteiger partial charge on any atom is -0.346 e. The van der Waals surface area contributed by atoms with Crippen LogP contribution in [-0.4, -0.2) is 20.4 Å². The van der Waals surface area contributed by atoms with Crippen LogP contribution >= 0.6 is 0 Å². The maximum absolute atomic E-state index is 13.3. The number of rotatable bonds is 6. The van der Waals surface area contributed by atoms with Crippen molar-refractivity contribution in [3.05, 3.63) is 65.2 Å². The fourth-order valence-corrected chi connectivity index (χ4v) is 3.56. The van der Waals surface area contributed by atoms with Gasteiger partial charge in [0.05, 0.1) is 10.9 Å². The lowest BCUT2D eigenvalue weighted by molar-refractivity contribution is 0.0939. The monoisotopic (exact) mass is 382 g/mol. The number of nitrogens with one attached hydrogen (secondary N) is 2. The Bertz CT molecular complexity index is 897. The van der Waals surface area contributed by atoms with Crippen molar-refractivity contribution in [2.75, 3.05) is 0 Å². The van der Waals surface area contributed by atoms with Crippen LogP contribution in [0.3, 0.4) is 0 Å². The largest absolute Gasteiger partial charge is 0.346 e. The molecule has 1 atom stereocenters. The van der Waals surface area contributed by atoms with Crippen LogP contribution in [0.25, 0.3) is 0 Å². The molecule has 26 heavy (non-hydrogen) atoms. The number of carbonyl (C=O) groups is 1. The maximum atomic E-state index is 13.3. The van der Waals surface area contributed by atoms with E-state index in [0.717, 1.165) is 12.1 Å². The van der Waals surface area contributed by atoms with Crippen LogP contribution in [0, 0.1) is 11.6 Å². The Hall–Kier alpha value is -2.32. The smallest absolute Gasteiger partial charge is 0.251 e. The van der Waals surface area contributed by atoms with Crippen molar-refractivity contribution in [3.63, 3.8) is 0 Å². The van der Waals surface area contributed by atoms with Crippen LogP contribution in [0.15, 0.2) is 47.4 Å². The van der Waals surface area contributed by atoms with Gasteiger partial charge in [-0.1, -0.05) is 6.07 Å². The molecule has 5 nitrogen and oxygen atoms in total. The summed E-state index contributed by atoms with van der Waals surface area (Å²) < 4.78 is 52.9. The third kappa shape index (κ3) is 4.86. The van der Waals surface area contributed by atoms with Gasteiger partial charge in [0, 0.05) is 11.6 Å². The van der Waals surface area contributed by atoms with E-state index in [1.807, 2.05) is 0 Å². The van der Waals surface area contributed by atoms with Gasteiger partial charge in [-0.3, -0.25) is 4.79 Å². The van der Waals surface area contributed by atoms with Crippen molar-refractivity contribution in [2.24, 2.45) is 0 Å². The van der Waals surface area contributed by atoms with E-state index in [-0.39, 0.29) is 16.5 Å². The van der Waals surface area contributed by atoms with Gasteiger partial charge in [-0.25, -0.2) is 21.9 Å². The summed E-state index contributed by atoms with van der Waals surface area (Å²) in [4.78, 5) is 12.3. The predicted molar refractivity (Wildman–Crippen MR) is 94.1 cm³/mol. The van der Waals surface area contributed by atoms with E-state index < -0.39 is 33.6 Å². The van der Waals surface area contributed by atoms with Crippen LogP contribution in [0.1, 0.15) is 42.7 Å². The molecule has 2 aromatic rings. The highest BCUT2D eigenvalue weighted by Crippen LogP contribution is 2.17. The molecule has 0 radical (unpaired) electrons.